The van der Waals surface area contributed by atoms with Crippen molar-refractivity contribution >= 4 is 15.7 Å². The van der Waals surface area contributed by atoms with E-state index in [1.54, 1.807) is 4.31 Å². The van der Waals surface area contributed by atoms with Crippen molar-refractivity contribution in [2.24, 2.45) is 5.92 Å². The van der Waals surface area contributed by atoms with E-state index in [1.165, 1.54) is 0 Å². The van der Waals surface area contributed by atoms with Crippen LogP contribution in [-0.4, -0.2) is 27.3 Å². The Balaban J connectivity index is 2.29. The fourth-order valence-electron chi connectivity index (χ4n) is 2.54. The third kappa shape index (κ3) is 3.09. The first-order valence-electron chi connectivity index (χ1n) is 6.77. The Morgan fingerprint density at radius 2 is 2.21 bits per heavy atom. The van der Waals surface area contributed by atoms with Gasteiger partial charge in [-0.25, -0.2) is 8.42 Å². The molecule has 0 saturated carbocycles. The Hall–Kier alpha value is -1.07. The van der Waals surface area contributed by atoms with Gasteiger partial charge in [-0.05, 0) is 37.1 Å². The molecule has 0 aromatic heterocycles. The van der Waals surface area contributed by atoms with E-state index in [-0.39, 0.29) is 17.7 Å². The van der Waals surface area contributed by atoms with Crippen LogP contribution < -0.4 is 9.62 Å². The number of hydrogen-bond acceptors (Lipinski definition) is 3. The van der Waals surface area contributed by atoms with Gasteiger partial charge in [-0.2, -0.15) is 0 Å². The summed E-state index contributed by atoms with van der Waals surface area (Å²) in [5.41, 5.74) is 1.90. The Bertz CT molecular complexity index is 542. The summed E-state index contributed by atoms with van der Waals surface area (Å²) in [6.45, 7) is 7.60. The maximum Gasteiger partial charge on any atom is 0.235 e. The standard InChI is InChI=1S/C14H22N2O2S/c1-4-15-12(3)13-6-5-7-14(8-13)16-9-11(2)10-19(16,17)18/h5-8,11-12,15H,4,9-10H2,1-3H3. The molecule has 2 atom stereocenters. The summed E-state index contributed by atoms with van der Waals surface area (Å²) >= 11 is 0. The van der Waals surface area contributed by atoms with Crippen LogP contribution in [-0.2, 0) is 10.0 Å². The average molecular weight is 282 g/mol. The number of nitrogens with one attached hydrogen (secondary N) is 1. The molecule has 2 unspecified atom stereocenters. The van der Waals surface area contributed by atoms with Crippen molar-refractivity contribution in [3.05, 3.63) is 29.8 Å². The van der Waals surface area contributed by atoms with Gasteiger partial charge in [0.25, 0.3) is 0 Å². The third-order valence-corrected chi connectivity index (χ3v) is 5.50. The van der Waals surface area contributed by atoms with Crippen LogP contribution in [0.2, 0.25) is 0 Å². The molecule has 0 radical (unpaired) electrons. The van der Waals surface area contributed by atoms with Gasteiger partial charge in [-0.15, -0.1) is 0 Å². The van der Waals surface area contributed by atoms with Crippen molar-refractivity contribution in [3.8, 4) is 0 Å². The quantitative estimate of drug-likeness (QED) is 0.920. The number of sulfonamides is 1. The molecule has 0 aliphatic carbocycles. The van der Waals surface area contributed by atoms with Crippen LogP contribution in [0.25, 0.3) is 0 Å². The van der Waals surface area contributed by atoms with E-state index in [4.69, 9.17) is 0 Å². The molecule has 5 heteroatoms. The molecule has 19 heavy (non-hydrogen) atoms. The van der Waals surface area contributed by atoms with E-state index in [2.05, 4.69) is 19.2 Å². The van der Waals surface area contributed by atoms with Crippen molar-refractivity contribution in [2.75, 3.05) is 23.1 Å². The molecule has 0 bridgehead atoms. The summed E-state index contributed by atoms with van der Waals surface area (Å²) in [4.78, 5) is 0. The highest BCUT2D eigenvalue weighted by atomic mass is 32.2. The zero-order valence-electron chi connectivity index (χ0n) is 11.8. The maximum absolute atomic E-state index is 12.1. The largest absolute Gasteiger partial charge is 0.310 e. The number of anilines is 1. The van der Waals surface area contributed by atoms with Gasteiger partial charge in [0.15, 0.2) is 0 Å². The van der Waals surface area contributed by atoms with Gasteiger partial charge in [0, 0.05) is 12.6 Å². The van der Waals surface area contributed by atoms with E-state index in [9.17, 15) is 8.42 Å². The summed E-state index contributed by atoms with van der Waals surface area (Å²) in [6.07, 6.45) is 0. The summed E-state index contributed by atoms with van der Waals surface area (Å²) in [6, 6.07) is 8.04. The molecule has 4 nitrogen and oxygen atoms in total. The lowest BCUT2D eigenvalue weighted by Crippen LogP contribution is -2.25. The normalized spacial score (nSPS) is 23.5. The van der Waals surface area contributed by atoms with Crippen molar-refractivity contribution in [2.45, 2.75) is 26.8 Å². The lowest BCUT2D eigenvalue weighted by Gasteiger charge is -2.20. The maximum atomic E-state index is 12.1. The fourth-order valence-corrected chi connectivity index (χ4v) is 4.46. The van der Waals surface area contributed by atoms with Gasteiger partial charge >= 0.3 is 0 Å². The molecule has 1 aromatic rings. The van der Waals surface area contributed by atoms with Gasteiger partial charge in [0.05, 0.1) is 11.4 Å². The zero-order valence-corrected chi connectivity index (χ0v) is 12.6. The molecule has 0 amide bonds. The molecule has 2 rings (SSSR count). The van der Waals surface area contributed by atoms with Crippen molar-refractivity contribution < 1.29 is 8.42 Å². The van der Waals surface area contributed by atoms with Gasteiger partial charge in [0.2, 0.25) is 10.0 Å². The summed E-state index contributed by atoms with van der Waals surface area (Å²) in [5.74, 6) is 0.444. The first-order valence-corrected chi connectivity index (χ1v) is 8.38. The van der Waals surface area contributed by atoms with E-state index in [0.29, 0.717) is 6.54 Å². The minimum absolute atomic E-state index is 0.194. The highest BCUT2D eigenvalue weighted by molar-refractivity contribution is 7.93. The van der Waals surface area contributed by atoms with Crippen molar-refractivity contribution in [1.29, 1.82) is 0 Å². The second kappa shape index (κ2) is 5.51. The number of benzene rings is 1. The van der Waals surface area contributed by atoms with Gasteiger partial charge in [0.1, 0.15) is 0 Å². The smallest absolute Gasteiger partial charge is 0.235 e. The fraction of sp³-hybridized carbons (Fsp3) is 0.571. The van der Waals surface area contributed by atoms with Crippen LogP contribution in [0.4, 0.5) is 5.69 Å². The van der Waals surface area contributed by atoms with E-state index in [0.717, 1.165) is 17.8 Å². The lowest BCUT2D eigenvalue weighted by atomic mass is 10.1. The van der Waals surface area contributed by atoms with E-state index in [1.807, 2.05) is 31.2 Å². The number of rotatable bonds is 4. The van der Waals surface area contributed by atoms with Crippen LogP contribution in [0.5, 0.6) is 0 Å². The van der Waals surface area contributed by atoms with Crippen molar-refractivity contribution in [3.63, 3.8) is 0 Å². The SMILES string of the molecule is CCNC(C)c1cccc(N2CC(C)CS2(=O)=O)c1. The Kier molecular flexibility index (Phi) is 4.16. The first kappa shape index (κ1) is 14.3. The molecule has 1 N–H and O–H groups in total. The predicted molar refractivity (Wildman–Crippen MR) is 78.8 cm³/mol. The molecule has 1 aliphatic rings. The van der Waals surface area contributed by atoms with Crippen LogP contribution >= 0.6 is 0 Å². The lowest BCUT2D eigenvalue weighted by molar-refractivity contribution is 0.595. The molecule has 1 heterocycles. The van der Waals surface area contributed by atoms with Gasteiger partial charge in [-0.1, -0.05) is 26.0 Å². The second-order valence-corrected chi connectivity index (χ2v) is 7.23. The molecular formula is C14H22N2O2S. The minimum atomic E-state index is -3.13. The highest BCUT2D eigenvalue weighted by Gasteiger charge is 2.33. The van der Waals surface area contributed by atoms with E-state index < -0.39 is 10.0 Å². The average Bonchev–Trinajstić information content (AvgIpc) is 2.63. The number of nitrogens with zero attached hydrogens (tertiary/aromatic N) is 1. The van der Waals surface area contributed by atoms with Crippen molar-refractivity contribution in [1.82, 2.24) is 5.32 Å². The Morgan fingerprint density at radius 1 is 1.47 bits per heavy atom. The molecule has 1 aromatic carbocycles. The van der Waals surface area contributed by atoms with Crippen LogP contribution in [0.3, 0.4) is 0 Å². The predicted octanol–water partition coefficient (Wildman–Crippen LogP) is 2.14. The molecule has 1 saturated heterocycles. The third-order valence-electron chi connectivity index (χ3n) is 3.48. The molecule has 1 aliphatic heterocycles. The topological polar surface area (TPSA) is 49.4 Å². The second-order valence-electron chi connectivity index (χ2n) is 5.29. The summed E-state index contributed by atoms with van der Waals surface area (Å²) in [7, 11) is -3.13. The first-order chi connectivity index (χ1) is 8.94. The Morgan fingerprint density at radius 3 is 2.79 bits per heavy atom. The summed E-state index contributed by atoms with van der Waals surface area (Å²) in [5, 5.41) is 3.34. The molecule has 1 fully saturated rings. The molecule has 106 valence electrons. The monoisotopic (exact) mass is 282 g/mol. The van der Waals surface area contributed by atoms with Gasteiger partial charge in [-0.3, -0.25) is 4.31 Å². The summed E-state index contributed by atoms with van der Waals surface area (Å²) < 4.78 is 25.7. The minimum Gasteiger partial charge on any atom is -0.310 e. The van der Waals surface area contributed by atoms with Crippen LogP contribution in [0.1, 0.15) is 32.4 Å². The van der Waals surface area contributed by atoms with E-state index >= 15 is 0 Å². The molecular weight excluding hydrogens is 260 g/mol. The van der Waals surface area contributed by atoms with Crippen LogP contribution in [0.15, 0.2) is 24.3 Å². The Labute approximate surface area is 115 Å². The zero-order chi connectivity index (χ0) is 14.0. The van der Waals surface area contributed by atoms with Gasteiger partial charge < -0.3 is 5.32 Å². The number of hydrogen-bond donors (Lipinski definition) is 1. The highest BCUT2D eigenvalue weighted by Crippen LogP contribution is 2.28. The molecule has 0 spiro atoms. The van der Waals surface area contributed by atoms with Crippen LogP contribution in [0, 0.1) is 5.92 Å².